The molecule has 7 nitrogen and oxygen atoms in total. The van der Waals surface area contributed by atoms with Crippen LogP contribution in [0.2, 0.25) is 5.02 Å². The van der Waals surface area contributed by atoms with Gasteiger partial charge in [-0.25, -0.2) is 4.99 Å². The van der Waals surface area contributed by atoms with Gasteiger partial charge in [-0.2, -0.15) is 0 Å². The summed E-state index contributed by atoms with van der Waals surface area (Å²) in [5, 5.41) is 3.45. The Bertz CT molecular complexity index is 1360. The first-order valence-corrected chi connectivity index (χ1v) is 13.4. The second-order valence-electron chi connectivity index (χ2n) is 8.97. The summed E-state index contributed by atoms with van der Waals surface area (Å²) in [6.45, 7) is 4.36. The van der Waals surface area contributed by atoms with Crippen molar-refractivity contribution in [2.24, 2.45) is 4.99 Å². The average Bonchev–Trinajstić information content (AvgIpc) is 2.90. The molecule has 2 amide bonds. The van der Waals surface area contributed by atoms with Gasteiger partial charge in [-0.3, -0.25) is 14.5 Å². The summed E-state index contributed by atoms with van der Waals surface area (Å²) in [7, 11) is 3.18. The number of hydrogen-bond donors (Lipinski definition) is 1. The van der Waals surface area contributed by atoms with E-state index in [1.165, 1.54) is 11.8 Å². The van der Waals surface area contributed by atoms with Crippen molar-refractivity contribution in [1.29, 1.82) is 0 Å². The van der Waals surface area contributed by atoms with Crippen LogP contribution in [0.25, 0.3) is 0 Å². The Labute approximate surface area is 232 Å². The minimum Gasteiger partial charge on any atom is -0.493 e. The van der Waals surface area contributed by atoms with Crippen molar-refractivity contribution in [1.82, 2.24) is 4.90 Å². The number of hydrogen-bond acceptors (Lipinski definition) is 6. The van der Waals surface area contributed by atoms with Gasteiger partial charge in [-0.05, 0) is 73.9 Å². The number of aliphatic imine (C=N–C) groups is 1. The van der Waals surface area contributed by atoms with Crippen molar-refractivity contribution in [2.75, 3.05) is 26.1 Å². The third-order valence-corrected chi connectivity index (χ3v) is 7.63. The Kier molecular flexibility index (Phi) is 8.97. The number of anilines is 1. The first-order chi connectivity index (χ1) is 18.3. The van der Waals surface area contributed by atoms with Crippen molar-refractivity contribution in [3.8, 4) is 11.5 Å². The number of carbonyl (C=O) groups excluding carboxylic acids is 2. The zero-order valence-electron chi connectivity index (χ0n) is 21.8. The Morgan fingerprint density at radius 2 is 1.79 bits per heavy atom. The molecule has 0 aliphatic carbocycles. The number of nitrogens with one attached hydrogen (secondary N) is 1. The first-order valence-electron chi connectivity index (χ1n) is 12.2. The van der Waals surface area contributed by atoms with Gasteiger partial charge in [0.25, 0.3) is 0 Å². The minimum absolute atomic E-state index is 0.0764. The molecule has 0 saturated carbocycles. The maximum atomic E-state index is 13.4. The molecule has 0 radical (unpaired) electrons. The van der Waals surface area contributed by atoms with Crippen LogP contribution in [0, 0.1) is 13.8 Å². The third-order valence-electron chi connectivity index (χ3n) is 6.20. The van der Waals surface area contributed by atoms with Crippen molar-refractivity contribution >= 4 is 51.7 Å². The van der Waals surface area contributed by atoms with E-state index in [-0.39, 0.29) is 18.2 Å². The predicted molar refractivity (Wildman–Crippen MR) is 154 cm³/mol. The van der Waals surface area contributed by atoms with Crippen molar-refractivity contribution in [2.45, 2.75) is 31.9 Å². The molecule has 0 spiro atoms. The molecule has 1 fully saturated rings. The smallest absolute Gasteiger partial charge is 0.238 e. The van der Waals surface area contributed by atoms with Crippen LogP contribution in [-0.2, 0) is 16.0 Å². The fraction of sp³-hybridized carbons (Fsp3) is 0.276. The highest BCUT2D eigenvalue weighted by Gasteiger charge is 2.36. The van der Waals surface area contributed by atoms with Crippen molar-refractivity contribution < 1.29 is 19.1 Å². The summed E-state index contributed by atoms with van der Waals surface area (Å²) in [5.41, 5.74) is 4.46. The molecular weight excluding hydrogens is 522 g/mol. The van der Waals surface area contributed by atoms with Crippen LogP contribution in [0.3, 0.4) is 0 Å². The Hall–Kier alpha value is -3.49. The summed E-state index contributed by atoms with van der Waals surface area (Å²) in [6.07, 6.45) is 0.651. The lowest BCUT2D eigenvalue weighted by molar-refractivity contribution is -0.129. The van der Waals surface area contributed by atoms with Gasteiger partial charge in [0.1, 0.15) is 5.25 Å². The number of thioether (sulfide) groups is 1. The zero-order valence-corrected chi connectivity index (χ0v) is 23.4. The number of carbonyl (C=O) groups is 2. The van der Waals surface area contributed by atoms with Crippen molar-refractivity contribution in [3.63, 3.8) is 0 Å². The number of ether oxygens (including phenoxy) is 2. The first kappa shape index (κ1) is 27.5. The summed E-state index contributed by atoms with van der Waals surface area (Å²) in [6, 6.07) is 18.6. The molecule has 1 aliphatic rings. The summed E-state index contributed by atoms with van der Waals surface area (Å²) in [4.78, 5) is 33.0. The highest BCUT2D eigenvalue weighted by atomic mass is 35.5. The molecule has 38 heavy (non-hydrogen) atoms. The average molecular weight is 552 g/mol. The molecule has 0 aromatic heterocycles. The molecule has 4 rings (SSSR count). The molecule has 198 valence electrons. The number of benzene rings is 3. The van der Waals surface area contributed by atoms with E-state index < -0.39 is 5.25 Å². The number of nitrogens with zero attached hydrogens (tertiary/aromatic N) is 2. The van der Waals surface area contributed by atoms with Gasteiger partial charge < -0.3 is 14.8 Å². The molecule has 1 aliphatic heterocycles. The van der Waals surface area contributed by atoms with E-state index in [2.05, 4.69) is 5.32 Å². The number of amides is 2. The van der Waals surface area contributed by atoms with Crippen LogP contribution in [0.5, 0.6) is 11.5 Å². The lowest BCUT2D eigenvalue weighted by atomic mass is 10.1. The van der Waals surface area contributed by atoms with Gasteiger partial charge in [0, 0.05) is 23.7 Å². The molecule has 0 unspecified atom stereocenters. The number of rotatable bonds is 8. The lowest BCUT2D eigenvalue weighted by Gasteiger charge is -2.32. The second-order valence-corrected chi connectivity index (χ2v) is 10.6. The number of amidine groups is 1. The van der Waals surface area contributed by atoms with Gasteiger partial charge in [0.15, 0.2) is 16.7 Å². The van der Waals surface area contributed by atoms with E-state index in [0.29, 0.717) is 40.3 Å². The van der Waals surface area contributed by atoms with E-state index in [1.54, 1.807) is 43.4 Å². The van der Waals surface area contributed by atoms with Gasteiger partial charge in [0.2, 0.25) is 11.8 Å². The fourth-order valence-electron chi connectivity index (χ4n) is 4.13. The summed E-state index contributed by atoms with van der Waals surface area (Å²) >= 11 is 7.34. The van der Waals surface area contributed by atoms with Crippen LogP contribution in [-0.4, -0.2) is 47.9 Å². The number of halogens is 1. The van der Waals surface area contributed by atoms with Gasteiger partial charge in [0.05, 0.1) is 19.9 Å². The molecule has 1 saturated heterocycles. The number of aryl methyl sites for hydroxylation is 2. The second kappa shape index (κ2) is 12.4. The van der Waals surface area contributed by atoms with Crippen LogP contribution in [0.15, 0.2) is 65.7 Å². The van der Waals surface area contributed by atoms with Crippen LogP contribution >= 0.6 is 23.4 Å². The summed E-state index contributed by atoms with van der Waals surface area (Å²) in [5.74, 6) is 0.891. The van der Waals surface area contributed by atoms with Gasteiger partial charge in [-0.15, -0.1) is 0 Å². The number of methoxy groups -OCH3 is 2. The molecular formula is C29H30ClN3O4S. The minimum atomic E-state index is -0.605. The topological polar surface area (TPSA) is 80.2 Å². The summed E-state index contributed by atoms with van der Waals surface area (Å²) < 4.78 is 10.7. The zero-order chi connectivity index (χ0) is 27.2. The Morgan fingerprint density at radius 1 is 1.05 bits per heavy atom. The third kappa shape index (κ3) is 6.68. The van der Waals surface area contributed by atoms with E-state index in [4.69, 9.17) is 26.1 Å². The van der Waals surface area contributed by atoms with Crippen LogP contribution < -0.4 is 14.8 Å². The molecule has 1 atom stereocenters. The largest absolute Gasteiger partial charge is 0.493 e. The highest BCUT2D eigenvalue weighted by molar-refractivity contribution is 8.15. The predicted octanol–water partition coefficient (Wildman–Crippen LogP) is 6.18. The Balaban J connectivity index is 1.56. The normalized spacial score (nSPS) is 16.4. The molecule has 3 aromatic carbocycles. The maximum Gasteiger partial charge on any atom is 0.238 e. The quantitative estimate of drug-likeness (QED) is 0.362. The molecule has 9 heteroatoms. The van der Waals surface area contributed by atoms with E-state index in [9.17, 15) is 9.59 Å². The van der Waals surface area contributed by atoms with Gasteiger partial charge in [-0.1, -0.05) is 47.1 Å². The molecule has 3 aromatic rings. The van der Waals surface area contributed by atoms with Gasteiger partial charge >= 0.3 is 0 Å². The van der Waals surface area contributed by atoms with Crippen LogP contribution in [0.4, 0.5) is 11.4 Å². The standard InChI is InChI=1S/C29H30ClN3O4S/c1-18-5-11-23(19(2)15-18)32-28(35)26-17-27(34)33(29(38-26)31-22-9-7-21(30)8-10-22)14-13-20-6-12-24(36-3)25(16-20)37-4/h5-12,15-16,26H,13-14,17H2,1-4H3,(H,32,35)/t26-/m1/s1. The fourth-order valence-corrected chi connectivity index (χ4v) is 5.38. The molecule has 0 bridgehead atoms. The van der Waals surface area contributed by atoms with Crippen molar-refractivity contribution in [3.05, 3.63) is 82.4 Å². The van der Waals surface area contributed by atoms with Crippen LogP contribution in [0.1, 0.15) is 23.1 Å². The highest BCUT2D eigenvalue weighted by Crippen LogP contribution is 2.32. The molecule has 1 heterocycles. The van der Waals surface area contributed by atoms with E-state index in [0.717, 1.165) is 22.4 Å². The molecule has 1 N–H and O–H groups in total. The monoisotopic (exact) mass is 551 g/mol. The maximum absolute atomic E-state index is 13.4. The lowest BCUT2D eigenvalue weighted by Crippen LogP contribution is -2.46. The van der Waals surface area contributed by atoms with E-state index >= 15 is 0 Å². The SMILES string of the molecule is COc1ccc(CCN2C(=O)C[C@H](C(=O)Nc3ccc(C)cc3C)SC2=Nc2ccc(Cl)cc2)cc1OC. The van der Waals surface area contributed by atoms with E-state index in [1.807, 2.05) is 50.2 Å². The Morgan fingerprint density at radius 3 is 2.47 bits per heavy atom.